The van der Waals surface area contributed by atoms with Crippen molar-refractivity contribution in [2.24, 2.45) is 0 Å². The Kier molecular flexibility index (Phi) is 5.83. The van der Waals surface area contributed by atoms with Crippen molar-refractivity contribution in [1.82, 2.24) is 0 Å². The van der Waals surface area contributed by atoms with E-state index in [1.807, 2.05) is 42.5 Å². The summed E-state index contributed by atoms with van der Waals surface area (Å²) in [4.78, 5) is 23.1. The van der Waals surface area contributed by atoms with Crippen LogP contribution in [0.15, 0.2) is 87.3 Å². The van der Waals surface area contributed by atoms with Crippen molar-refractivity contribution in [3.8, 4) is 17.4 Å². The number of benzene rings is 3. The smallest absolute Gasteiger partial charge is 0.270 e. The van der Waals surface area contributed by atoms with Gasteiger partial charge in [0, 0.05) is 39.3 Å². The summed E-state index contributed by atoms with van der Waals surface area (Å²) in [5.74, 6) is 0.179. The van der Waals surface area contributed by atoms with Crippen LogP contribution in [-0.2, 0) is 4.79 Å². The van der Waals surface area contributed by atoms with Crippen molar-refractivity contribution in [2.75, 3.05) is 5.32 Å². The molecule has 0 unspecified atom stereocenters. The lowest BCUT2D eigenvalue weighted by atomic mass is 10.1. The van der Waals surface area contributed by atoms with E-state index in [2.05, 4.69) is 21.2 Å². The van der Waals surface area contributed by atoms with E-state index in [1.165, 1.54) is 18.2 Å². The van der Waals surface area contributed by atoms with Crippen LogP contribution in [-0.4, -0.2) is 10.8 Å². The molecule has 0 aliphatic heterocycles. The van der Waals surface area contributed by atoms with Gasteiger partial charge in [0.2, 0.25) is 0 Å². The quantitative estimate of drug-likeness (QED) is 0.153. The van der Waals surface area contributed by atoms with E-state index >= 15 is 0 Å². The van der Waals surface area contributed by atoms with Crippen LogP contribution in [0.3, 0.4) is 0 Å². The third-order valence-corrected chi connectivity index (χ3v) is 5.40. The monoisotopic (exact) mass is 487 g/mol. The van der Waals surface area contributed by atoms with Crippen LogP contribution in [0.5, 0.6) is 0 Å². The fourth-order valence-corrected chi connectivity index (χ4v) is 3.77. The Labute approximate surface area is 190 Å². The highest BCUT2D eigenvalue weighted by atomic mass is 79.9. The van der Waals surface area contributed by atoms with E-state index in [-0.39, 0.29) is 11.3 Å². The van der Waals surface area contributed by atoms with Gasteiger partial charge in [-0.15, -0.1) is 0 Å². The zero-order chi connectivity index (χ0) is 22.7. The molecule has 3 aromatic carbocycles. The lowest BCUT2D eigenvalue weighted by Crippen LogP contribution is -2.13. The van der Waals surface area contributed by atoms with Gasteiger partial charge in [-0.25, -0.2) is 0 Å². The average molecular weight is 488 g/mol. The number of halogens is 1. The number of nitro groups is 1. The highest BCUT2D eigenvalue weighted by Crippen LogP contribution is 2.33. The summed E-state index contributed by atoms with van der Waals surface area (Å²) >= 11 is 3.31. The molecule has 0 spiro atoms. The summed E-state index contributed by atoms with van der Waals surface area (Å²) in [5, 5.41) is 25.0. The highest BCUT2D eigenvalue weighted by molar-refractivity contribution is 9.10. The summed E-state index contributed by atoms with van der Waals surface area (Å²) in [6.45, 7) is 0. The minimum absolute atomic E-state index is 0.0517. The fraction of sp³-hybridized carbons (Fsp3) is 0. The molecule has 1 amide bonds. The van der Waals surface area contributed by atoms with Gasteiger partial charge in [0.05, 0.1) is 4.92 Å². The van der Waals surface area contributed by atoms with E-state index in [0.717, 1.165) is 10.8 Å². The van der Waals surface area contributed by atoms with E-state index in [9.17, 15) is 20.2 Å². The van der Waals surface area contributed by atoms with Crippen molar-refractivity contribution in [3.63, 3.8) is 0 Å². The number of nitro benzene ring substituents is 1. The molecule has 7 nitrogen and oxygen atoms in total. The second kappa shape index (κ2) is 8.88. The SMILES string of the molecule is N#C/C(=C\c1ccc(-c2ccc([N+](=O)[O-])cc2Br)o1)C(=O)Nc1cccc2ccccc12. The molecule has 0 aliphatic carbocycles. The maximum Gasteiger partial charge on any atom is 0.270 e. The van der Waals surface area contributed by atoms with Gasteiger partial charge in [-0.3, -0.25) is 14.9 Å². The van der Waals surface area contributed by atoms with Crippen LogP contribution >= 0.6 is 15.9 Å². The van der Waals surface area contributed by atoms with E-state index < -0.39 is 10.8 Å². The van der Waals surface area contributed by atoms with E-state index in [4.69, 9.17) is 4.42 Å². The fourth-order valence-electron chi connectivity index (χ4n) is 3.21. The maximum atomic E-state index is 12.7. The number of nitrogens with zero attached hydrogens (tertiary/aromatic N) is 2. The lowest BCUT2D eigenvalue weighted by molar-refractivity contribution is -0.384. The second-order valence-corrected chi connectivity index (χ2v) is 7.63. The number of furan rings is 1. The van der Waals surface area contributed by atoms with Crippen LogP contribution in [0.2, 0.25) is 0 Å². The van der Waals surface area contributed by atoms with Crippen molar-refractivity contribution < 1.29 is 14.1 Å². The molecule has 0 atom stereocenters. The molecule has 0 aliphatic rings. The molecule has 0 saturated carbocycles. The standard InChI is InChI=1S/C24H14BrN3O4/c25-21-13-17(28(30)31)8-10-20(21)23-11-9-18(32-23)12-16(14-26)24(29)27-22-7-3-5-15-4-1-2-6-19(15)22/h1-13H,(H,27,29)/b16-12+. The van der Waals surface area contributed by atoms with E-state index in [1.54, 1.807) is 24.3 Å². The number of carbonyl (C=O) groups is 1. The third kappa shape index (κ3) is 4.29. The van der Waals surface area contributed by atoms with Crippen molar-refractivity contribution in [3.05, 3.63) is 98.7 Å². The normalized spacial score (nSPS) is 11.2. The molecule has 1 heterocycles. The van der Waals surface area contributed by atoms with Gasteiger partial charge in [-0.2, -0.15) is 5.26 Å². The molecule has 0 fully saturated rings. The van der Waals surface area contributed by atoms with Gasteiger partial charge in [0.25, 0.3) is 11.6 Å². The molecule has 4 rings (SSSR count). The number of hydrogen-bond donors (Lipinski definition) is 1. The predicted molar refractivity (Wildman–Crippen MR) is 125 cm³/mol. The van der Waals surface area contributed by atoms with Gasteiger partial charge >= 0.3 is 0 Å². The lowest BCUT2D eigenvalue weighted by Gasteiger charge is -2.08. The first-order chi connectivity index (χ1) is 15.5. The predicted octanol–water partition coefficient (Wildman–Crippen LogP) is 6.32. The molecule has 0 bridgehead atoms. The number of anilines is 1. The van der Waals surface area contributed by atoms with Gasteiger partial charge < -0.3 is 9.73 Å². The minimum Gasteiger partial charge on any atom is -0.457 e. The van der Waals surface area contributed by atoms with Gasteiger partial charge in [-0.05, 0) is 45.6 Å². The summed E-state index contributed by atoms with van der Waals surface area (Å²) in [6, 6.07) is 22.6. The first-order valence-electron chi connectivity index (χ1n) is 9.41. The zero-order valence-corrected chi connectivity index (χ0v) is 18.0. The Morgan fingerprint density at radius 1 is 1.09 bits per heavy atom. The Bertz CT molecular complexity index is 1430. The molecule has 0 saturated heterocycles. The number of carbonyl (C=O) groups excluding carboxylic acids is 1. The highest BCUT2D eigenvalue weighted by Gasteiger charge is 2.15. The van der Waals surface area contributed by atoms with Crippen molar-refractivity contribution >= 4 is 50.1 Å². The zero-order valence-electron chi connectivity index (χ0n) is 16.4. The molecule has 156 valence electrons. The number of nitriles is 1. The van der Waals surface area contributed by atoms with Gasteiger partial charge in [0.1, 0.15) is 23.2 Å². The van der Waals surface area contributed by atoms with Crippen LogP contribution < -0.4 is 5.32 Å². The first kappa shape index (κ1) is 21.0. The van der Waals surface area contributed by atoms with Crippen LogP contribution in [0.25, 0.3) is 28.2 Å². The largest absolute Gasteiger partial charge is 0.457 e. The molecule has 4 aromatic rings. The number of rotatable bonds is 5. The molecule has 32 heavy (non-hydrogen) atoms. The second-order valence-electron chi connectivity index (χ2n) is 6.77. The van der Waals surface area contributed by atoms with Crippen LogP contribution in [0.1, 0.15) is 5.76 Å². The molecular formula is C24H14BrN3O4. The Morgan fingerprint density at radius 3 is 2.62 bits per heavy atom. The summed E-state index contributed by atoms with van der Waals surface area (Å²) in [7, 11) is 0. The number of non-ortho nitro benzene ring substituents is 1. The molecule has 1 N–H and O–H groups in total. The number of hydrogen-bond acceptors (Lipinski definition) is 5. The number of amides is 1. The Morgan fingerprint density at radius 2 is 1.88 bits per heavy atom. The number of nitrogens with one attached hydrogen (secondary N) is 1. The minimum atomic E-state index is -0.557. The van der Waals surface area contributed by atoms with Crippen molar-refractivity contribution in [1.29, 1.82) is 5.26 Å². The topological polar surface area (TPSA) is 109 Å². The van der Waals surface area contributed by atoms with Crippen molar-refractivity contribution in [2.45, 2.75) is 0 Å². The number of fused-ring (bicyclic) bond motifs is 1. The third-order valence-electron chi connectivity index (χ3n) is 4.75. The molecule has 1 aromatic heterocycles. The van der Waals surface area contributed by atoms with Gasteiger partial charge in [-0.1, -0.05) is 36.4 Å². The molecular weight excluding hydrogens is 474 g/mol. The Hall–Kier alpha value is -4.22. The van der Waals surface area contributed by atoms with E-state index in [0.29, 0.717) is 27.2 Å². The van der Waals surface area contributed by atoms with Crippen LogP contribution in [0.4, 0.5) is 11.4 Å². The van der Waals surface area contributed by atoms with Crippen LogP contribution in [0, 0.1) is 21.4 Å². The molecule has 0 radical (unpaired) electrons. The summed E-state index contributed by atoms with van der Waals surface area (Å²) in [5.41, 5.74) is 1.03. The van der Waals surface area contributed by atoms with Gasteiger partial charge in [0.15, 0.2) is 0 Å². The Balaban J connectivity index is 1.59. The average Bonchev–Trinajstić information content (AvgIpc) is 3.25. The summed E-state index contributed by atoms with van der Waals surface area (Å²) < 4.78 is 6.24. The summed E-state index contributed by atoms with van der Waals surface area (Å²) in [6.07, 6.45) is 1.35. The molecule has 8 heteroatoms. The maximum absolute atomic E-state index is 12.7. The first-order valence-corrected chi connectivity index (χ1v) is 10.2.